The second-order valence-electron chi connectivity index (χ2n) is 6.78. The van der Waals surface area contributed by atoms with Gasteiger partial charge in [0.05, 0.1) is 24.0 Å². The summed E-state index contributed by atoms with van der Waals surface area (Å²) in [6.07, 6.45) is 4.96. The highest BCUT2D eigenvalue weighted by molar-refractivity contribution is 5.92. The lowest BCUT2D eigenvalue weighted by molar-refractivity contribution is -0.134. The van der Waals surface area contributed by atoms with Gasteiger partial charge >= 0.3 is 0 Å². The summed E-state index contributed by atoms with van der Waals surface area (Å²) in [7, 11) is 0. The lowest BCUT2D eigenvalue weighted by Gasteiger charge is -2.36. The number of aryl methyl sites for hydroxylation is 2. The molecular formula is C18H24N6O3. The fraction of sp³-hybridized carbons (Fsp3) is 0.500. The number of carbonyl (C=O) groups is 2. The molecule has 1 aliphatic rings. The van der Waals surface area contributed by atoms with Crippen molar-refractivity contribution in [3.05, 3.63) is 41.2 Å². The summed E-state index contributed by atoms with van der Waals surface area (Å²) in [5.41, 5.74) is 3.15. The molecule has 0 aromatic carbocycles. The minimum Gasteiger partial charge on any atom is -0.389 e. The highest BCUT2D eigenvalue weighted by Crippen LogP contribution is 2.16. The highest BCUT2D eigenvalue weighted by Gasteiger charge is 2.31. The molecule has 144 valence electrons. The van der Waals surface area contributed by atoms with Crippen LogP contribution in [0.15, 0.2) is 18.6 Å². The van der Waals surface area contributed by atoms with Gasteiger partial charge in [0.2, 0.25) is 5.91 Å². The number of β-amino-alcohol motifs (C(OH)–C–C–N with tert-alkyl or cyclic N) is 1. The molecule has 0 bridgehead atoms. The molecule has 2 aromatic heterocycles. The van der Waals surface area contributed by atoms with E-state index >= 15 is 0 Å². The number of likely N-dealkylation sites (tertiary alicyclic amines) is 1. The Kier molecular flexibility index (Phi) is 5.80. The minimum atomic E-state index is -0.819. The maximum atomic E-state index is 12.5. The smallest absolute Gasteiger partial charge is 0.271 e. The van der Waals surface area contributed by atoms with Crippen molar-refractivity contribution in [2.45, 2.75) is 45.3 Å². The van der Waals surface area contributed by atoms with E-state index in [1.807, 2.05) is 13.8 Å². The predicted octanol–water partition coefficient (Wildman–Crippen LogP) is 0.141. The number of aromatic nitrogens is 4. The Bertz CT molecular complexity index is 787. The first-order valence-corrected chi connectivity index (χ1v) is 8.99. The van der Waals surface area contributed by atoms with Gasteiger partial charge in [-0.15, -0.1) is 0 Å². The molecule has 27 heavy (non-hydrogen) atoms. The van der Waals surface area contributed by atoms with Gasteiger partial charge in [-0.3, -0.25) is 19.7 Å². The average molecular weight is 372 g/mol. The van der Waals surface area contributed by atoms with Gasteiger partial charge in [0.25, 0.3) is 5.91 Å². The number of carbonyl (C=O) groups excluding carboxylic acids is 2. The van der Waals surface area contributed by atoms with E-state index in [1.165, 1.54) is 18.6 Å². The zero-order valence-corrected chi connectivity index (χ0v) is 15.5. The van der Waals surface area contributed by atoms with Crippen LogP contribution in [0.2, 0.25) is 0 Å². The molecule has 9 heteroatoms. The standard InChI is InChI=1S/C18H24N6O3/c1-11-13(12(2)23-22-11)3-4-17(26)24-8-5-14(16(25)10-24)21-18(27)15-9-19-6-7-20-15/h6-7,9,14,16,25H,3-5,8,10H2,1-2H3,(H,21,27)(H,22,23)/t14-,16-/m1/s1. The van der Waals surface area contributed by atoms with Gasteiger partial charge in [-0.1, -0.05) is 0 Å². The molecule has 0 radical (unpaired) electrons. The molecule has 2 amide bonds. The van der Waals surface area contributed by atoms with Crippen molar-refractivity contribution >= 4 is 11.8 Å². The molecule has 0 saturated carbocycles. The van der Waals surface area contributed by atoms with Gasteiger partial charge in [-0.2, -0.15) is 5.10 Å². The number of hydrogen-bond donors (Lipinski definition) is 3. The van der Waals surface area contributed by atoms with Crippen LogP contribution < -0.4 is 5.32 Å². The van der Waals surface area contributed by atoms with Crippen LogP contribution in [0.3, 0.4) is 0 Å². The molecular weight excluding hydrogens is 348 g/mol. The minimum absolute atomic E-state index is 0.00671. The SMILES string of the molecule is Cc1n[nH]c(C)c1CCC(=O)N1CC[C@@H](NC(=O)c2cnccn2)[C@H](O)C1. The summed E-state index contributed by atoms with van der Waals surface area (Å²) >= 11 is 0. The molecule has 1 fully saturated rings. The molecule has 3 heterocycles. The molecule has 0 unspecified atom stereocenters. The monoisotopic (exact) mass is 372 g/mol. The van der Waals surface area contributed by atoms with Crippen LogP contribution in [0.5, 0.6) is 0 Å². The molecule has 3 rings (SSSR count). The normalized spacial score (nSPS) is 19.7. The van der Waals surface area contributed by atoms with Crippen molar-refractivity contribution in [3.63, 3.8) is 0 Å². The topological polar surface area (TPSA) is 124 Å². The van der Waals surface area contributed by atoms with Gasteiger partial charge in [-0.25, -0.2) is 4.98 Å². The summed E-state index contributed by atoms with van der Waals surface area (Å²) in [5.74, 6) is -0.384. The second kappa shape index (κ2) is 8.26. The summed E-state index contributed by atoms with van der Waals surface area (Å²) in [4.78, 5) is 34.1. The molecule has 2 aromatic rings. The predicted molar refractivity (Wildman–Crippen MR) is 96.9 cm³/mol. The molecule has 2 atom stereocenters. The summed E-state index contributed by atoms with van der Waals surface area (Å²) in [5, 5.41) is 20.2. The van der Waals surface area contributed by atoms with E-state index in [0.29, 0.717) is 25.8 Å². The van der Waals surface area contributed by atoms with Crippen LogP contribution >= 0.6 is 0 Å². The number of rotatable bonds is 5. The van der Waals surface area contributed by atoms with E-state index in [0.717, 1.165) is 17.0 Å². The van der Waals surface area contributed by atoms with E-state index in [2.05, 4.69) is 25.5 Å². The number of amides is 2. The molecule has 3 N–H and O–H groups in total. The van der Waals surface area contributed by atoms with Gasteiger partial charge in [0.15, 0.2) is 0 Å². The fourth-order valence-corrected chi connectivity index (χ4v) is 3.32. The van der Waals surface area contributed by atoms with E-state index in [9.17, 15) is 14.7 Å². The number of aliphatic hydroxyl groups excluding tert-OH is 1. The number of piperidine rings is 1. The molecule has 0 aliphatic carbocycles. The Morgan fingerprint density at radius 3 is 2.81 bits per heavy atom. The van der Waals surface area contributed by atoms with E-state index in [1.54, 1.807) is 4.90 Å². The summed E-state index contributed by atoms with van der Waals surface area (Å²) in [6.45, 7) is 4.55. The number of nitrogens with zero attached hydrogens (tertiary/aromatic N) is 4. The Balaban J connectivity index is 1.50. The number of aromatic amines is 1. The van der Waals surface area contributed by atoms with Crippen LogP contribution in [-0.4, -0.2) is 67.2 Å². The van der Waals surface area contributed by atoms with Crippen LogP contribution in [0.4, 0.5) is 0 Å². The van der Waals surface area contributed by atoms with Crippen LogP contribution in [-0.2, 0) is 11.2 Å². The van der Waals surface area contributed by atoms with Crippen molar-refractivity contribution < 1.29 is 14.7 Å². The molecule has 0 spiro atoms. The number of hydrogen-bond acceptors (Lipinski definition) is 6. The van der Waals surface area contributed by atoms with Gasteiger partial charge in [-0.05, 0) is 32.3 Å². The van der Waals surface area contributed by atoms with Gasteiger partial charge in [0.1, 0.15) is 5.69 Å². The number of aliphatic hydroxyl groups is 1. The Labute approximate surface area is 157 Å². The Morgan fingerprint density at radius 1 is 1.37 bits per heavy atom. The lowest BCUT2D eigenvalue weighted by Crippen LogP contribution is -2.55. The maximum Gasteiger partial charge on any atom is 0.271 e. The van der Waals surface area contributed by atoms with Crippen molar-refractivity contribution in [1.29, 1.82) is 0 Å². The van der Waals surface area contributed by atoms with Gasteiger partial charge < -0.3 is 15.3 Å². The van der Waals surface area contributed by atoms with E-state index in [-0.39, 0.29) is 24.1 Å². The zero-order chi connectivity index (χ0) is 19.4. The average Bonchev–Trinajstić information content (AvgIpc) is 2.99. The van der Waals surface area contributed by atoms with Crippen molar-refractivity contribution in [1.82, 2.24) is 30.4 Å². The first-order chi connectivity index (χ1) is 13.0. The number of nitrogens with one attached hydrogen (secondary N) is 2. The summed E-state index contributed by atoms with van der Waals surface area (Å²) < 4.78 is 0. The Morgan fingerprint density at radius 2 is 2.19 bits per heavy atom. The maximum absolute atomic E-state index is 12.5. The van der Waals surface area contributed by atoms with Gasteiger partial charge in [0, 0.05) is 37.6 Å². The lowest BCUT2D eigenvalue weighted by atomic mass is 10.0. The third kappa shape index (κ3) is 4.48. The zero-order valence-electron chi connectivity index (χ0n) is 15.5. The quantitative estimate of drug-likeness (QED) is 0.686. The fourth-order valence-electron chi connectivity index (χ4n) is 3.32. The Hall–Kier alpha value is -2.81. The first kappa shape index (κ1) is 19.0. The second-order valence-corrected chi connectivity index (χ2v) is 6.78. The molecule has 9 nitrogen and oxygen atoms in total. The van der Waals surface area contributed by atoms with E-state index in [4.69, 9.17) is 0 Å². The van der Waals surface area contributed by atoms with Crippen molar-refractivity contribution in [2.75, 3.05) is 13.1 Å². The van der Waals surface area contributed by atoms with E-state index < -0.39 is 12.1 Å². The van der Waals surface area contributed by atoms with Crippen molar-refractivity contribution in [2.24, 2.45) is 0 Å². The van der Waals surface area contributed by atoms with Crippen LogP contribution in [0.25, 0.3) is 0 Å². The summed E-state index contributed by atoms with van der Waals surface area (Å²) in [6, 6.07) is -0.415. The van der Waals surface area contributed by atoms with Crippen LogP contribution in [0.1, 0.15) is 40.3 Å². The highest BCUT2D eigenvalue weighted by atomic mass is 16.3. The molecule has 1 saturated heterocycles. The van der Waals surface area contributed by atoms with Crippen LogP contribution in [0, 0.1) is 13.8 Å². The third-order valence-electron chi connectivity index (χ3n) is 4.92. The molecule has 1 aliphatic heterocycles. The first-order valence-electron chi connectivity index (χ1n) is 8.99. The largest absolute Gasteiger partial charge is 0.389 e. The number of H-pyrrole nitrogens is 1. The van der Waals surface area contributed by atoms with Crippen molar-refractivity contribution in [3.8, 4) is 0 Å². The third-order valence-corrected chi connectivity index (χ3v) is 4.92.